The van der Waals surface area contributed by atoms with Gasteiger partial charge < -0.3 is 0 Å². The van der Waals surface area contributed by atoms with Crippen LogP contribution in [0.3, 0.4) is 0 Å². The second-order valence-electron chi connectivity index (χ2n) is 5.04. The van der Waals surface area contributed by atoms with Crippen LogP contribution in [0, 0.1) is 11.6 Å². The lowest BCUT2D eigenvalue weighted by Crippen LogP contribution is -2.27. The van der Waals surface area contributed by atoms with E-state index < -0.39 is 39.4 Å². The van der Waals surface area contributed by atoms with Crippen molar-refractivity contribution in [3.63, 3.8) is 0 Å². The number of sulfonamides is 1. The van der Waals surface area contributed by atoms with Gasteiger partial charge in [-0.15, -0.1) is 0 Å². The van der Waals surface area contributed by atoms with E-state index >= 15 is 0 Å². The summed E-state index contributed by atoms with van der Waals surface area (Å²) < 4.78 is 90.1. The number of hydrogen-bond acceptors (Lipinski definition) is 2. The zero-order valence-electron chi connectivity index (χ0n) is 12.2. The predicted molar refractivity (Wildman–Crippen MR) is 76.5 cm³/mol. The van der Waals surface area contributed by atoms with E-state index in [4.69, 9.17) is 0 Å². The predicted octanol–water partition coefficient (Wildman–Crippen LogP) is 4.02. The van der Waals surface area contributed by atoms with Crippen LogP contribution in [0.5, 0.6) is 0 Å². The summed E-state index contributed by atoms with van der Waals surface area (Å²) in [6, 6.07) is 4.94. The van der Waals surface area contributed by atoms with Crippen molar-refractivity contribution in [1.82, 2.24) is 4.72 Å². The van der Waals surface area contributed by atoms with Crippen LogP contribution in [0.2, 0.25) is 0 Å². The van der Waals surface area contributed by atoms with Crippen molar-refractivity contribution in [3.05, 3.63) is 65.2 Å². The maximum atomic E-state index is 13.2. The van der Waals surface area contributed by atoms with E-state index in [1.807, 2.05) is 0 Å². The molecule has 1 atom stereocenters. The summed E-state index contributed by atoms with van der Waals surface area (Å²) in [4.78, 5) is -0.370. The van der Waals surface area contributed by atoms with Crippen molar-refractivity contribution >= 4 is 10.0 Å². The molecule has 0 radical (unpaired) electrons. The van der Waals surface area contributed by atoms with Gasteiger partial charge in [0.15, 0.2) is 11.6 Å². The number of benzene rings is 2. The van der Waals surface area contributed by atoms with E-state index in [9.17, 15) is 30.4 Å². The molecule has 0 unspecified atom stereocenters. The number of halogens is 5. The van der Waals surface area contributed by atoms with Gasteiger partial charge in [-0.25, -0.2) is 21.9 Å². The number of rotatable bonds is 4. The minimum Gasteiger partial charge on any atom is -0.207 e. The second-order valence-corrected chi connectivity index (χ2v) is 6.75. The van der Waals surface area contributed by atoms with Crippen molar-refractivity contribution in [2.75, 3.05) is 0 Å². The van der Waals surface area contributed by atoms with Gasteiger partial charge in [-0.3, -0.25) is 0 Å². The van der Waals surface area contributed by atoms with Gasteiger partial charge in [0, 0.05) is 6.04 Å². The molecule has 0 aromatic heterocycles. The fraction of sp³-hybridized carbons (Fsp3) is 0.200. The van der Waals surface area contributed by atoms with E-state index in [1.165, 1.54) is 13.0 Å². The van der Waals surface area contributed by atoms with E-state index in [0.29, 0.717) is 12.1 Å². The van der Waals surface area contributed by atoms with Crippen LogP contribution < -0.4 is 4.72 Å². The minimum atomic E-state index is -4.57. The summed E-state index contributed by atoms with van der Waals surface area (Å²) in [6.45, 7) is 1.40. The van der Waals surface area contributed by atoms with Gasteiger partial charge in [-0.1, -0.05) is 6.07 Å². The van der Waals surface area contributed by atoms with Crippen molar-refractivity contribution in [3.8, 4) is 0 Å². The Morgan fingerprint density at radius 3 is 2.04 bits per heavy atom. The third kappa shape index (κ3) is 4.09. The Bertz CT molecular complexity index is 832. The highest BCUT2D eigenvalue weighted by atomic mass is 32.2. The van der Waals surface area contributed by atoms with Crippen LogP contribution in [-0.2, 0) is 16.2 Å². The first-order valence-corrected chi connectivity index (χ1v) is 8.13. The van der Waals surface area contributed by atoms with Crippen molar-refractivity contribution in [2.24, 2.45) is 0 Å². The van der Waals surface area contributed by atoms with Crippen LogP contribution in [-0.4, -0.2) is 8.42 Å². The Kier molecular flexibility index (Phi) is 4.95. The fourth-order valence-corrected chi connectivity index (χ4v) is 3.21. The highest BCUT2D eigenvalue weighted by Crippen LogP contribution is 2.30. The first-order valence-electron chi connectivity index (χ1n) is 6.65. The molecule has 2 rings (SSSR count). The molecule has 0 heterocycles. The molecular formula is C15H12F5NO2S. The Morgan fingerprint density at radius 1 is 0.958 bits per heavy atom. The van der Waals surface area contributed by atoms with Gasteiger partial charge in [-0.2, -0.15) is 13.2 Å². The van der Waals surface area contributed by atoms with E-state index in [2.05, 4.69) is 4.72 Å². The molecule has 0 aliphatic heterocycles. The van der Waals surface area contributed by atoms with Gasteiger partial charge in [0.05, 0.1) is 10.5 Å². The first kappa shape index (κ1) is 18.3. The van der Waals surface area contributed by atoms with Gasteiger partial charge in [0.25, 0.3) is 0 Å². The van der Waals surface area contributed by atoms with Gasteiger partial charge in [-0.05, 0) is 48.9 Å². The van der Waals surface area contributed by atoms with Crippen LogP contribution >= 0.6 is 0 Å². The van der Waals surface area contributed by atoms with Crippen LogP contribution in [0.15, 0.2) is 47.4 Å². The van der Waals surface area contributed by atoms with Crippen molar-refractivity contribution < 1.29 is 30.4 Å². The minimum absolute atomic E-state index is 0.171. The second kappa shape index (κ2) is 6.48. The third-order valence-corrected chi connectivity index (χ3v) is 4.82. The molecule has 0 amide bonds. The summed E-state index contributed by atoms with van der Waals surface area (Å²) in [6.07, 6.45) is -4.57. The van der Waals surface area contributed by atoms with E-state index in [1.54, 1.807) is 0 Å². The van der Waals surface area contributed by atoms with Crippen LogP contribution in [0.4, 0.5) is 22.0 Å². The molecule has 0 saturated heterocycles. The standard InChI is InChI=1S/C15H12F5NO2S/c1-9(10-2-7-13(16)14(17)8-10)21-24(22,23)12-5-3-11(4-6-12)15(18,19)20/h2-9,21H,1H3/t9-/m0/s1. The number of nitrogens with one attached hydrogen (secondary N) is 1. The van der Waals surface area contributed by atoms with Gasteiger partial charge >= 0.3 is 6.18 Å². The van der Waals surface area contributed by atoms with Gasteiger partial charge in [0.2, 0.25) is 10.0 Å². The average Bonchev–Trinajstić information content (AvgIpc) is 2.49. The summed E-state index contributed by atoms with van der Waals surface area (Å²) in [5.74, 6) is -2.20. The molecule has 0 fully saturated rings. The quantitative estimate of drug-likeness (QED) is 0.832. The Hall–Kier alpha value is -2.00. The monoisotopic (exact) mass is 365 g/mol. The van der Waals surface area contributed by atoms with Crippen LogP contribution in [0.1, 0.15) is 24.1 Å². The Labute approximate surface area is 135 Å². The number of alkyl halides is 3. The molecule has 0 bridgehead atoms. The molecule has 0 saturated carbocycles. The van der Waals surface area contributed by atoms with E-state index in [-0.39, 0.29) is 10.5 Å². The molecule has 3 nitrogen and oxygen atoms in total. The largest absolute Gasteiger partial charge is 0.416 e. The molecule has 2 aromatic carbocycles. The molecule has 0 aliphatic rings. The highest BCUT2D eigenvalue weighted by Gasteiger charge is 2.30. The molecule has 0 spiro atoms. The summed E-state index contributed by atoms with van der Waals surface area (Å²) >= 11 is 0. The fourth-order valence-electron chi connectivity index (χ4n) is 1.97. The Balaban J connectivity index is 2.22. The lowest BCUT2D eigenvalue weighted by atomic mass is 10.1. The maximum Gasteiger partial charge on any atom is 0.416 e. The lowest BCUT2D eigenvalue weighted by molar-refractivity contribution is -0.137. The van der Waals surface area contributed by atoms with E-state index in [0.717, 1.165) is 24.3 Å². The molecule has 1 N–H and O–H groups in total. The topological polar surface area (TPSA) is 46.2 Å². The molecule has 9 heteroatoms. The van der Waals surface area contributed by atoms with Gasteiger partial charge in [0.1, 0.15) is 0 Å². The average molecular weight is 365 g/mol. The summed E-state index contributed by atoms with van der Waals surface area (Å²) in [5.41, 5.74) is -0.806. The first-order chi connectivity index (χ1) is 11.0. The molecule has 130 valence electrons. The van der Waals surface area contributed by atoms with Crippen LogP contribution in [0.25, 0.3) is 0 Å². The SMILES string of the molecule is C[C@H](NS(=O)(=O)c1ccc(C(F)(F)F)cc1)c1ccc(F)c(F)c1. The normalized spacial score (nSPS) is 13.8. The molecule has 0 aliphatic carbocycles. The summed E-state index contributed by atoms with van der Waals surface area (Å²) in [7, 11) is -4.13. The molecule has 24 heavy (non-hydrogen) atoms. The maximum absolute atomic E-state index is 13.2. The zero-order chi connectivity index (χ0) is 18.1. The summed E-state index contributed by atoms with van der Waals surface area (Å²) in [5, 5.41) is 0. The number of hydrogen-bond donors (Lipinski definition) is 1. The zero-order valence-corrected chi connectivity index (χ0v) is 13.0. The molecule has 2 aromatic rings. The Morgan fingerprint density at radius 2 is 1.54 bits per heavy atom. The lowest BCUT2D eigenvalue weighted by Gasteiger charge is -2.15. The van der Waals surface area contributed by atoms with Crippen molar-refractivity contribution in [1.29, 1.82) is 0 Å². The highest BCUT2D eigenvalue weighted by molar-refractivity contribution is 7.89. The molecular weight excluding hydrogens is 353 g/mol. The smallest absolute Gasteiger partial charge is 0.207 e. The third-order valence-electron chi connectivity index (χ3n) is 3.27. The van der Waals surface area contributed by atoms with Crippen molar-refractivity contribution in [2.45, 2.75) is 24.0 Å².